The van der Waals surface area contributed by atoms with E-state index in [1.54, 1.807) is 0 Å². The van der Waals surface area contributed by atoms with E-state index in [-0.39, 0.29) is 0 Å². The molecule has 1 saturated heterocycles. The average Bonchev–Trinajstić information content (AvgIpc) is 1.86. The highest BCUT2D eigenvalue weighted by Gasteiger charge is 2.03. The molecule has 1 fully saturated rings. The third-order valence-electron chi connectivity index (χ3n) is 0.617. The van der Waals surface area contributed by atoms with Crippen LogP contribution in [0.5, 0.6) is 0 Å². The molecule has 0 saturated carbocycles. The maximum atomic E-state index is 8.50. The van der Waals surface area contributed by atoms with E-state index in [2.05, 4.69) is 5.32 Å². The Morgan fingerprint density at radius 3 is 2.83 bits per heavy atom. The van der Waals surface area contributed by atoms with E-state index in [9.17, 15) is 0 Å². The van der Waals surface area contributed by atoms with E-state index < -0.39 is 0 Å². The molecule has 0 aromatic carbocycles. The van der Waals surface area contributed by atoms with Gasteiger partial charge in [-0.15, -0.1) is 5.41 Å². The zero-order chi connectivity index (χ0) is 4.41. The summed E-state index contributed by atoms with van der Waals surface area (Å²) in [7, 11) is 0. The molecule has 0 amide bonds. The molecule has 1 radical (unpaired) electrons. The highest BCUT2D eigenvalue weighted by atomic mass is 32.2. The second-order valence-corrected chi connectivity index (χ2v) is 2.16. The molecule has 2 nitrogen and oxygen atoms in total. The summed E-state index contributed by atoms with van der Waals surface area (Å²) in [4.78, 5) is 0. The summed E-state index contributed by atoms with van der Waals surface area (Å²) in [6.45, 7) is 0.913. The zero-order valence-electron chi connectivity index (χ0n) is 3.27. The van der Waals surface area contributed by atoms with Crippen molar-refractivity contribution in [3.8, 4) is 0 Å². The van der Waals surface area contributed by atoms with Gasteiger partial charge in [-0.25, -0.2) is 0 Å². The van der Waals surface area contributed by atoms with Gasteiger partial charge in [0.1, 0.15) is 0 Å². The van der Waals surface area contributed by atoms with Gasteiger partial charge in [-0.1, -0.05) is 11.8 Å². The van der Waals surface area contributed by atoms with E-state index in [1.807, 2.05) is 0 Å². The molecule has 1 aliphatic heterocycles. The first-order valence-electron chi connectivity index (χ1n) is 1.82. The molecule has 0 aromatic rings. The molecule has 0 atom stereocenters. The molecule has 6 heavy (non-hydrogen) atoms. The first-order valence-corrected chi connectivity index (χ1v) is 2.81. The van der Waals surface area contributed by atoms with Crippen molar-refractivity contribution in [2.24, 2.45) is 0 Å². The lowest BCUT2D eigenvalue weighted by molar-refractivity contribution is 1.02. The smallest absolute Gasteiger partial charge is 0.183 e. The second-order valence-electron chi connectivity index (χ2n) is 1.08. The van der Waals surface area contributed by atoms with E-state index in [1.165, 1.54) is 11.8 Å². The summed E-state index contributed by atoms with van der Waals surface area (Å²) in [5.41, 5.74) is 0. The molecule has 0 aromatic heterocycles. The van der Waals surface area contributed by atoms with Crippen molar-refractivity contribution in [3.05, 3.63) is 0 Å². The molecule has 1 N–H and O–H groups in total. The Labute approximate surface area is 40.8 Å². The molecular formula is C3H5N2S. The Hall–Kier alpha value is -0.180. The van der Waals surface area contributed by atoms with Crippen LogP contribution in [0.3, 0.4) is 0 Å². The fraction of sp³-hybridized carbons (Fsp3) is 0.667. The molecule has 0 aliphatic carbocycles. The number of nitrogens with one attached hydrogen (secondary N) is 1. The summed E-state index contributed by atoms with van der Waals surface area (Å²) in [6, 6.07) is 0. The topological polar surface area (TPSA) is 34.3 Å². The van der Waals surface area contributed by atoms with Gasteiger partial charge in [0.15, 0.2) is 5.17 Å². The van der Waals surface area contributed by atoms with Gasteiger partial charge >= 0.3 is 0 Å². The van der Waals surface area contributed by atoms with Gasteiger partial charge in [-0.05, 0) is 0 Å². The molecule has 3 heteroatoms. The summed E-state index contributed by atoms with van der Waals surface area (Å²) < 4.78 is 0. The van der Waals surface area contributed by atoms with E-state index in [0.29, 0.717) is 5.17 Å². The molecule has 1 aliphatic rings. The van der Waals surface area contributed by atoms with Gasteiger partial charge in [0.05, 0.1) is 0 Å². The van der Waals surface area contributed by atoms with Crippen LogP contribution in [0.15, 0.2) is 0 Å². The predicted molar refractivity (Wildman–Crippen MR) is 27.6 cm³/mol. The lowest BCUT2D eigenvalue weighted by atomic mass is 10.8. The Morgan fingerprint density at radius 1 is 1.83 bits per heavy atom. The number of hydrogen-bond donors (Lipinski definition) is 1. The molecular weight excluding hydrogens is 96.1 g/mol. The highest BCUT2D eigenvalue weighted by Crippen LogP contribution is 2.02. The Kier molecular flexibility index (Phi) is 1.01. The minimum atomic E-state index is 0.370. The van der Waals surface area contributed by atoms with Crippen LogP contribution < -0.4 is 10.7 Å². The lowest BCUT2D eigenvalue weighted by Gasteiger charge is -1.81. The van der Waals surface area contributed by atoms with Gasteiger partial charge in [0.2, 0.25) is 0 Å². The number of amidine groups is 1. The van der Waals surface area contributed by atoms with Crippen LogP contribution in [0.25, 0.3) is 0 Å². The monoisotopic (exact) mass is 101 g/mol. The Balaban J connectivity index is 2.37. The molecule has 1 heterocycles. The third kappa shape index (κ3) is 0.653. The van der Waals surface area contributed by atoms with Crippen LogP contribution >= 0.6 is 11.8 Å². The first kappa shape index (κ1) is 3.99. The zero-order valence-corrected chi connectivity index (χ0v) is 4.09. The number of nitrogens with zero attached hydrogens (tertiary/aromatic N) is 1. The highest BCUT2D eigenvalue weighted by molar-refractivity contribution is 8.14. The normalized spacial score (nSPS) is 21.0. The number of rotatable bonds is 0. The maximum Gasteiger partial charge on any atom is 0.183 e. The maximum absolute atomic E-state index is 8.50. The van der Waals surface area contributed by atoms with Gasteiger partial charge in [-0.2, -0.15) is 0 Å². The van der Waals surface area contributed by atoms with Crippen molar-refractivity contribution in [1.29, 1.82) is 0 Å². The Bertz CT molecular complexity index is 63.2. The van der Waals surface area contributed by atoms with Gasteiger partial charge in [0.25, 0.3) is 0 Å². The van der Waals surface area contributed by atoms with Crippen molar-refractivity contribution < 1.29 is 0 Å². The lowest BCUT2D eigenvalue weighted by Crippen LogP contribution is -2.12. The minimum Gasteiger partial charge on any atom is -0.362 e. The van der Waals surface area contributed by atoms with Crippen LogP contribution in [0.1, 0.15) is 0 Å². The van der Waals surface area contributed by atoms with Crippen molar-refractivity contribution >= 4 is 16.9 Å². The molecule has 0 unspecified atom stereocenters. The van der Waals surface area contributed by atoms with Gasteiger partial charge in [0, 0.05) is 12.3 Å². The van der Waals surface area contributed by atoms with Crippen LogP contribution in [-0.2, 0) is 0 Å². The average molecular weight is 101 g/mol. The summed E-state index contributed by atoms with van der Waals surface area (Å²) in [6.07, 6.45) is 0. The molecule has 1 rings (SSSR count). The predicted octanol–water partition coefficient (Wildman–Crippen LogP) is -0.521. The molecule has 33 valence electrons. The first-order chi connectivity index (χ1) is 2.89. The van der Waals surface area contributed by atoms with E-state index >= 15 is 0 Å². The van der Waals surface area contributed by atoms with Crippen molar-refractivity contribution in [2.45, 2.75) is 0 Å². The van der Waals surface area contributed by atoms with Crippen LogP contribution in [-0.4, -0.2) is 17.5 Å². The molecule has 0 bridgehead atoms. The quantitative estimate of drug-likeness (QED) is 0.445. The Morgan fingerprint density at radius 2 is 2.67 bits per heavy atom. The van der Waals surface area contributed by atoms with Gasteiger partial charge in [-0.3, -0.25) is 0 Å². The second kappa shape index (κ2) is 1.51. The van der Waals surface area contributed by atoms with Gasteiger partial charge < -0.3 is 5.32 Å². The standard InChI is InChI=1S/C3H5N2S/c4-3-5-1-2-6-3/h5H,1-2H2. The summed E-state index contributed by atoms with van der Waals surface area (Å²) in [5, 5.41) is 11.6. The fourth-order valence-corrected chi connectivity index (χ4v) is 0.958. The van der Waals surface area contributed by atoms with Crippen LogP contribution in [0.4, 0.5) is 0 Å². The van der Waals surface area contributed by atoms with E-state index in [0.717, 1.165) is 12.3 Å². The fourth-order valence-electron chi connectivity index (χ4n) is 0.357. The number of thioether (sulfide) groups is 1. The summed E-state index contributed by atoms with van der Waals surface area (Å²) in [5.74, 6) is 1.01. The van der Waals surface area contributed by atoms with Crippen LogP contribution in [0.2, 0.25) is 0 Å². The minimum absolute atomic E-state index is 0.370. The van der Waals surface area contributed by atoms with Crippen LogP contribution in [0, 0.1) is 0 Å². The van der Waals surface area contributed by atoms with Crippen molar-refractivity contribution in [2.75, 3.05) is 12.3 Å². The van der Waals surface area contributed by atoms with Crippen molar-refractivity contribution in [3.63, 3.8) is 0 Å². The molecule has 0 spiro atoms. The largest absolute Gasteiger partial charge is 0.362 e. The number of hydrogen-bond acceptors (Lipinski definition) is 1. The third-order valence-corrected chi connectivity index (χ3v) is 1.44. The SMILES string of the molecule is [N]=C1NCCS1. The van der Waals surface area contributed by atoms with E-state index in [4.69, 9.17) is 5.41 Å². The summed E-state index contributed by atoms with van der Waals surface area (Å²) >= 11 is 1.46. The van der Waals surface area contributed by atoms with Crippen molar-refractivity contribution in [1.82, 2.24) is 10.7 Å².